The van der Waals surface area contributed by atoms with Gasteiger partial charge in [0.2, 0.25) is 5.95 Å². The summed E-state index contributed by atoms with van der Waals surface area (Å²) in [6, 6.07) is 2.02. The third kappa shape index (κ3) is 4.01. The van der Waals surface area contributed by atoms with E-state index in [2.05, 4.69) is 20.7 Å². The molecular weight excluding hydrogens is 290 g/mol. The van der Waals surface area contributed by atoms with Gasteiger partial charge < -0.3 is 15.2 Å². The van der Waals surface area contributed by atoms with Gasteiger partial charge in [0, 0.05) is 31.6 Å². The molecule has 2 aromatic rings. The highest BCUT2D eigenvalue weighted by atomic mass is 32.1. The van der Waals surface area contributed by atoms with Crippen LogP contribution in [0.15, 0.2) is 6.07 Å². The summed E-state index contributed by atoms with van der Waals surface area (Å²) in [5.74, 6) is 6.41. The van der Waals surface area contributed by atoms with Crippen molar-refractivity contribution in [3.05, 3.63) is 10.9 Å². The molecule has 0 aromatic carbocycles. The molecule has 8 heteroatoms. The number of aromatic nitrogens is 2. The van der Waals surface area contributed by atoms with Crippen molar-refractivity contribution in [2.45, 2.75) is 25.9 Å². The summed E-state index contributed by atoms with van der Waals surface area (Å²) in [5, 5.41) is 14.4. The van der Waals surface area contributed by atoms with Gasteiger partial charge in [0.25, 0.3) is 0 Å². The van der Waals surface area contributed by atoms with Crippen LogP contribution in [-0.4, -0.2) is 40.9 Å². The highest BCUT2D eigenvalue weighted by Gasteiger charge is 2.21. The number of nitrogens with zero attached hydrogens (tertiary/aromatic N) is 2. The van der Waals surface area contributed by atoms with Crippen LogP contribution in [0.4, 0.5) is 11.8 Å². The number of nitrogens with two attached hydrogens (primary N) is 1. The molecule has 0 aliphatic carbocycles. The number of nitrogens with one attached hydrogen (secondary N) is 2. The van der Waals surface area contributed by atoms with E-state index in [1.165, 1.54) is 0 Å². The molecule has 0 saturated carbocycles. The van der Waals surface area contributed by atoms with Crippen LogP contribution >= 0.6 is 11.3 Å². The lowest BCUT2D eigenvalue weighted by molar-refractivity contribution is 0.0357. The maximum atomic E-state index is 10.3. The first-order chi connectivity index (χ1) is 9.95. The quantitative estimate of drug-likeness (QED) is 0.453. The van der Waals surface area contributed by atoms with Gasteiger partial charge in [0.05, 0.1) is 11.0 Å². The van der Waals surface area contributed by atoms with E-state index in [0.717, 1.165) is 15.1 Å². The third-order valence-corrected chi connectivity index (χ3v) is 4.07. The summed E-state index contributed by atoms with van der Waals surface area (Å²) in [5.41, 5.74) is 1.58. The SMILES string of the molecule is COCCC(C)(O)CNc1nc(NN)nc2sc(C)cc12. The molecule has 21 heavy (non-hydrogen) atoms. The number of methoxy groups -OCH3 is 1. The fourth-order valence-electron chi connectivity index (χ4n) is 1.93. The number of aliphatic hydroxyl groups is 1. The van der Waals surface area contributed by atoms with Crippen LogP contribution in [0.25, 0.3) is 10.2 Å². The Bertz CT molecular complexity index is 614. The van der Waals surface area contributed by atoms with Crippen molar-refractivity contribution < 1.29 is 9.84 Å². The van der Waals surface area contributed by atoms with Crippen molar-refractivity contribution in [3.8, 4) is 0 Å². The zero-order valence-corrected chi connectivity index (χ0v) is 13.3. The molecule has 0 aliphatic heterocycles. The maximum Gasteiger partial charge on any atom is 0.240 e. The molecule has 0 amide bonds. The summed E-state index contributed by atoms with van der Waals surface area (Å²) in [7, 11) is 1.62. The van der Waals surface area contributed by atoms with E-state index >= 15 is 0 Å². The Labute approximate surface area is 127 Å². The van der Waals surface area contributed by atoms with E-state index < -0.39 is 5.60 Å². The molecule has 2 rings (SSSR count). The Hall–Kier alpha value is -1.48. The minimum Gasteiger partial charge on any atom is -0.388 e. The third-order valence-electron chi connectivity index (χ3n) is 3.13. The van der Waals surface area contributed by atoms with Crippen LogP contribution in [0, 0.1) is 6.92 Å². The molecule has 1 atom stereocenters. The van der Waals surface area contributed by atoms with E-state index in [1.807, 2.05) is 13.0 Å². The number of hydrogen-bond donors (Lipinski definition) is 4. The van der Waals surface area contributed by atoms with Crippen molar-refractivity contribution in [2.24, 2.45) is 5.84 Å². The van der Waals surface area contributed by atoms with Gasteiger partial charge in [0.1, 0.15) is 10.6 Å². The molecular formula is C13H21N5O2S. The van der Waals surface area contributed by atoms with E-state index in [0.29, 0.717) is 31.3 Å². The highest BCUT2D eigenvalue weighted by molar-refractivity contribution is 7.18. The molecule has 116 valence electrons. The van der Waals surface area contributed by atoms with Crippen LogP contribution in [0.1, 0.15) is 18.2 Å². The molecule has 2 heterocycles. The maximum absolute atomic E-state index is 10.3. The minimum absolute atomic E-state index is 0.350. The number of nitrogen functional groups attached to an aromatic ring is 1. The standard InChI is InChI=1S/C13H21N5O2S/c1-8-6-9-10(15-7-13(2,19)4-5-20-3)16-12(18-14)17-11(9)21-8/h6,19H,4-5,7,14H2,1-3H3,(H2,15,16,17,18). The van der Waals surface area contributed by atoms with Gasteiger partial charge in [-0.25, -0.2) is 10.8 Å². The van der Waals surface area contributed by atoms with Gasteiger partial charge in [-0.1, -0.05) is 0 Å². The molecule has 0 bridgehead atoms. The van der Waals surface area contributed by atoms with Crippen LogP contribution in [0.3, 0.4) is 0 Å². The lowest BCUT2D eigenvalue weighted by Crippen LogP contribution is -2.35. The van der Waals surface area contributed by atoms with Crippen LogP contribution in [-0.2, 0) is 4.74 Å². The molecule has 1 unspecified atom stereocenters. The Morgan fingerprint density at radius 3 is 2.90 bits per heavy atom. The second-order valence-electron chi connectivity index (χ2n) is 5.21. The number of aryl methyl sites for hydroxylation is 1. The van der Waals surface area contributed by atoms with Crippen molar-refractivity contribution in [1.29, 1.82) is 0 Å². The molecule has 0 radical (unpaired) electrons. The van der Waals surface area contributed by atoms with Crippen LogP contribution in [0.5, 0.6) is 0 Å². The van der Waals surface area contributed by atoms with Crippen molar-refractivity contribution in [1.82, 2.24) is 9.97 Å². The lowest BCUT2D eigenvalue weighted by atomic mass is 10.0. The summed E-state index contributed by atoms with van der Waals surface area (Å²) in [6.45, 7) is 4.64. The van der Waals surface area contributed by atoms with Gasteiger partial charge in [-0.05, 0) is 19.9 Å². The van der Waals surface area contributed by atoms with Crippen molar-refractivity contribution in [3.63, 3.8) is 0 Å². The summed E-state index contributed by atoms with van der Waals surface area (Å²) in [4.78, 5) is 10.6. The second-order valence-corrected chi connectivity index (χ2v) is 6.44. The number of anilines is 2. The monoisotopic (exact) mass is 311 g/mol. The minimum atomic E-state index is -0.880. The number of hydrogen-bond acceptors (Lipinski definition) is 8. The zero-order chi connectivity index (χ0) is 15.5. The molecule has 0 spiro atoms. The van der Waals surface area contributed by atoms with E-state index in [-0.39, 0.29) is 0 Å². The predicted molar refractivity (Wildman–Crippen MR) is 85.6 cm³/mol. The van der Waals surface area contributed by atoms with Crippen LogP contribution < -0.4 is 16.6 Å². The molecule has 0 aliphatic rings. The first kappa shape index (κ1) is 15.9. The lowest BCUT2D eigenvalue weighted by Gasteiger charge is -2.23. The predicted octanol–water partition coefficient (Wildman–Crippen LogP) is 1.48. The Kier molecular flexibility index (Phi) is 4.94. The van der Waals surface area contributed by atoms with Gasteiger partial charge in [-0.3, -0.25) is 5.43 Å². The van der Waals surface area contributed by atoms with Gasteiger partial charge in [-0.2, -0.15) is 4.98 Å². The van der Waals surface area contributed by atoms with Gasteiger partial charge >= 0.3 is 0 Å². The number of hydrazine groups is 1. The first-order valence-corrected chi connectivity index (χ1v) is 7.47. The number of rotatable bonds is 7. The number of fused-ring (bicyclic) bond motifs is 1. The van der Waals surface area contributed by atoms with E-state index in [1.54, 1.807) is 25.4 Å². The molecule has 0 fully saturated rings. The molecule has 2 aromatic heterocycles. The average Bonchev–Trinajstić information content (AvgIpc) is 2.82. The van der Waals surface area contributed by atoms with E-state index in [9.17, 15) is 5.11 Å². The summed E-state index contributed by atoms with van der Waals surface area (Å²) >= 11 is 1.57. The smallest absolute Gasteiger partial charge is 0.240 e. The fraction of sp³-hybridized carbons (Fsp3) is 0.538. The normalized spacial score (nSPS) is 14.1. The van der Waals surface area contributed by atoms with Crippen LogP contribution in [0.2, 0.25) is 0 Å². The molecule has 5 N–H and O–H groups in total. The second kappa shape index (κ2) is 6.52. The van der Waals surface area contributed by atoms with Gasteiger partial charge in [-0.15, -0.1) is 11.3 Å². The number of thiophene rings is 1. The average molecular weight is 311 g/mol. The largest absolute Gasteiger partial charge is 0.388 e. The molecule has 0 saturated heterocycles. The zero-order valence-electron chi connectivity index (χ0n) is 12.4. The van der Waals surface area contributed by atoms with E-state index in [4.69, 9.17) is 10.6 Å². The number of ether oxygens (including phenoxy) is 1. The van der Waals surface area contributed by atoms with Crippen molar-refractivity contribution >= 4 is 33.3 Å². The summed E-state index contributed by atoms with van der Waals surface area (Å²) in [6.07, 6.45) is 0.537. The van der Waals surface area contributed by atoms with Gasteiger partial charge in [0.15, 0.2) is 0 Å². The first-order valence-electron chi connectivity index (χ1n) is 6.65. The Balaban J connectivity index is 2.20. The van der Waals surface area contributed by atoms with Crippen molar-refractivity contribution in [2.75, 3.05) is 31.0 Å². The fourth-order valence-corrected chi connectivity index (χ4v) is 2.81. The summed E-state index contributed by atoms with van der Waals surface area (Å²) < 4.78 is 5.00. The topological polar surface area (TPSA) is 105 Å². The highest BCUT2D eigenvalue weighted by Crippen LogP contribution is 2.29. The molecule has 7 nitrogen and oxygen atoms in total. The Morgan fingerprint density at radius 1 is 1.48 bits per heavy atom. The Morgan fingerprint density at radius 2 is 2.24 bits per heavy atom.